The number of aromatic amines is 2. The Labute approximate surface area is 232 Å². The number of H-pyrrole nitrogens is 2. The second kappa shape index (κ2) is 7.85. The third-order valence-corrected chi connectivity index (χ3v) is 8.61. The predicted molar refractivity (Wildman–Crippen MR) is 161 cm³/mol. The number of hydrogen-bond acceptors (Lipinski definition) is 2. The largest absolute Gasteiger partial charge is 0.356 e. The van der Waals surface area contributed by atoms with Crippen LogP contribution in [0.1, 0.15) is 50.7 Å². The lowest BCUT2D eigenvalue weighted by atomic mass is 9.88. The van der Waals surface area contributed by atoms with Crippen LogP contribution in [0.25, 0.3) is 44.8 Å². The molecule has 6 heteroatoms. The summed E-state index contributed by atoms with van der Waals surface area (Å²) < 4.78 is 4.60. The van der Waals surface area contributed by atoms with E-state index in [1.807, 2.05) is 0 Å². The van der Waals surface area contributed by atoms with Crippen LogP contribution in [0.5, 0.6) is 0 Å². The highest BCUT2D eigenvalue weighted by molar-refractivity contribution is 6.02. The van der Waals surface area contributed by atoms with Gasteiger partial charge in [-0.25, -0.2) is 9.97 Å². The third-order valence-electron chi connectivity index (χ3n) is 8.61. The Morgan fingerprint density at radius 2 is 0.900 bits per heavy atom. The van der Waals surface area contributed by atoms with Gasteiger partial charge < -0.3 is 9.97 Å². The van der Waals surface area contributed by atoms with Crippen molar-refractivity contribution in [3.05, 3.63) is 120 Å². The number of nitrogens with one attached hydrogen (secondary N) is 2. The first kappa shape index (κ1) is 23.1. The van der Waals surface area contributed by atoms with Crippen LogP contribution in [-0.2, 0) is 10.8 Å². The van der Waals surface area contributed by atoms with Crippen LogP contribution in [0.15, 0.2) is 97.1 Å². The van der Waals surface area contributed by atoms with Crippen LogP contribution in [0.4, 0.5) is 0 Å². The normalized spacial score (nSPS) is 15.4. The van der Waals surface area contributed by atoms with Crippen molar-refractivity contribution in [3.63, 3.8) is 0 Å². The molecule has 3 aromatic carbocycles. The second-order valence-electron chi connectivity index (χ2n) is 11.8. The van der Waals surface area contributed by atoms with Crippen LogP contribution in [-0.4, -0.2) is 29.1 Å². The molecule has 196 valence electrons. The zero-order valence-electron chi connectivity index (χ0n) is 23.0. The van der Waals surface area contributed by atoms with Gasteiger partial charge in [0.25, 0.3) is 0 Å². The number of imidazole rings is 2. The first-order chi connectivity index (χ1) is 19.3. The third kappa shape index (κ3) is 3.04. The van der Waals surface area contributed by atoms with Crippen molar-refractivity contribution in [2.45, 2.75) is 38.5 Å². The molecular formula is C34H30N6. The minimum Gasteiger partial charge on any atom is -0.356 e. The first-order valence-corrected chi connectivity index (χ1v) is 13.8. The van der Waals surface area contributed by atoms with E-state index in [1.165, 1.54) is 0 Å². The minimum atomic E-state index is -0.414. The monoisotopic (exact) mass is 522 g/mol. The Hall–Kier alpha value is -4.84. The number of hydrogen-bond donors (Lipinski definition) is 2. The average molecular weight is 523 g/mol. The van der Waals surface area contributed by atoms with Crippen LogP contribution >= 0.6 is 0 Å². The Bertz CT molecular complexity index is 1900. The van der Waals surface area contributed by atoms with Crippen molar-refractivity contribution in [1.82, 2.24) is 29.1 Å². The molecule has 7 aromatic rings. The quantitative estimate of drug-likeness (QED) is 0.245. The van der Waals surface area contributed by atoms with E-state index in [0.717, 1.165) is 67.9 Å². The molecule has 0 fully saturated rings. The van der Waals surface area contributed by atoms with Gasteiger partial charge in [0.1, 0.15) is 22.7 Å². The molecule has 0 atom stereocenters. The molecule has 0 amide bonds. The molecule has 0 spiro atoms. The summed E-state index contributed by atoms with van der Waals surface area (Å²) >= 11 is 0. The summed E-state index contributed by atoms with van der Waals surface area (Å²) in [7, 11) is 0. The molecule has 6 nitrogen and oxygen atoms in total. The van der Waals surface area contributed by atoms with E-state index in [9.17, 15) is 0 Å². The van der Waals surface area contributed by atoms with Gasteiger partial charge in [0.15, 0.2) is 0 Å². The topological polar surface area (TPSA) is 67.2 Å². The maximum Gasteiger partial charge on any atom is 0.126 e. The molecule has 0 unspecified atom stereocenters. The van der Waals surface area contributed by atoms with Gasteiger partial charge in [-0.15, -0.1) is 0 Å². The van der Waals surface area contributed by atoms with Crippen LogP contribution in [0, 0.1) is 0 Å². The summed E-state index contributed by atoms with van der Waals surface area (Å²) in [6, 6.07) is 34.1. The number of fused-ring (bicyclic) bond motifs is 7. The molecule has 0 radical (unpaired) electrons. The Morgan fingerprint density at radius 3 is 1.30 bits per heavy atom. The fraction of sp³-hybridized carbons (Fsp3) is 0.176. The number of nitrogens with zero attached hydrogens (tertiary/aromatic N) is 4. The summed E-state index contributed by atoms with van der Waals surface area (Å²) in [4.78, 5) is 18.3. The van der Waals surface area contributed by atoms with Crippen molar-refractivity contribution >= 4 is 22.1 Å². The smallest absolute Gasteiger partial charge is 0.126 e. The zero-order chi connectivity index (χ0) is 27.2. The van der Waals surface area contributed by atoms with E-state index in [1.54, 1.807) is 0 Å². The lowest BCUT2D eigenvalue weighted by Gasteiger charge is -2.25. The summed E-state index contributed by atoms with van der Waals surface area (Å²) in [6.45, 7) is 8.96. The SMILES string of the molecule is CC1(C)c2ccc([nH]2)-c2ccc([nH]2)C(C)(C)c2nc3c4nc1n(-c1ccccc1)c4ccc3n2-c1ccccc1. The summed E-state index contributed by atoms with van der Waals surface area (Å²) in [6.07, 6.45) is 0. The molecule has 8 bridgehead atoms. The summed E-state index contributed by atoms with van der Waals surface area (Å²) in [5, 5.41) is 0. The fourth-order valence-electron chi connectivity index (χ4n) is 6.27. The highest BCUT2D eigenvalue weighted by atomic mass is 15.1. The first-order valence-electron chi connectivity index (χ1n) is 13.8. The van der Waals surface area contributed by atoms with Crippen LogP contribution in [0.3, 0.4) is 0 Å². The molecule has 5 heterocycles. The molecule has 0 aliphatic carbocycles. The lowest BCUT2D eigenvalue weighted by molar-refractivity contribution is 0.566. The minimum absolute atomic E-state index is 0.414. The van der Waals surface area contributed by atoms with E-state index in [0.29, 0.717) is 0 Å². The van der Waals surface area contributed by atoms with E-state index in [-0.39, 0.29) is 0 Å². The van der Waals surface area contributed by atoms with Gasteiger partial charge in [-0.2, -0.15) is 0 Å². The van der Waals surface area contributed by atoms with Crippen molar-refractivity contribution < 1.29 is 0 Å². The molecule has 40 heavy (non-hydrogen) atoms. The second-order valence-corrected chi connectivity index (χ2v) is 11.8. The fourth-order valence-corrected chi connectivity index (χ4v) is 6.27. The van der Waals surface area contributed by atoms with Crippen molar-refractivity contribution in [1.29, 1.82) is 0 Å². The van der Waals surface area contributed by atoms with Crippen molar-refractivity contribution in [2.75, 3.05) is 0 Å². The van der Waals surface area contributed by atoms with E-state index < -0.39 is 10.8 Å². The predicted octanol–water partition coefficient (Wildman–Crippen LogP) is 7.65. The molecule has 0 saturated heterocycles. The Morgan fingerprint density at radius 1 is 0.500 bits per heavy atom. The van der Waals surface area contributed by atoms with E-state index in [4.69, 9.17) is 9.97 Å². The van der Waals surface area contributed by atoms with Gasteiger partial charge >= 0.3 is 0 Å². The summed E-state index contributed by atoms with van der Waals surface area (Å²) in [5.41, 5.74) is 9.58. The van der Waals surface area contributed by atoms with Gasteiger partial charge in [0.2, 0.25) is 0 Å². The lowest BCUT2D eigenvalue weighted by Crippen LogP contribution is -2.25. The van der Waals surface area contributed by atoms with Crippen LogP contribution in [0.2, 0.25) is 0 Å². The van der Waals surface area contributed by atoms with Crippen molar-refractivity contribution in [2.24, 2.45) is 0 Å². The van der Waals surface area contributed by atoms with Gasteiger partial charge in [0.05, 0.1) is 33.3 Å². The molecule has 1 aliphatic rings. The standard InChI is InChI=1S/C34H30N6/c1-33(2)27-19-15-23(35-27)24-16-20-28(36-24)34(3,4)32-38-30-26(40(32)22-13-9-6-10-14-22)18-17-25-29(30)37-31(33)39(25)21-11-7-5-8-12-21/h5-20,35-36H,1-4H3. The molecular weight excluding hydrogens is 492 g/mol. The Balaban J connectivity index is 1.57. The maximum atomic E-state index is 5.42. The molecule has 0 saturated carbocycles. The molecule has 2 N–H and O–H groups in total. The van der Waals surface area contributed by atoms with E-state index >= 15 is 0 Å². The number of para-hydroxylation sites is 2. The summed E-state index contributed by atoms with van der Waals surface area (Å²) in [5.74, 6) is 1.93. The zero-order valence-corrected chi connectivity index (χ0v) is 23.0. The van der Waals surface area contributed by atoms with Crippen LogP contribution < -0.4 is 0 Å². The number of aromatic nitrogens is 6. The Kier molecular flexibility index (Phi) is 4.53. The highest BCUT2D eigenvalue weighted by Gasteiger charge is 2.36. The molecule has 8 rings (SSSR count). The van der Waals surface area contributed by atoms with Gasteiger partial charge in [-0.3, -0.25) is 9.13 Å². The molecule has 4 aromatic heterocycles. The molecule has 1 aliphatic heterocycles. The van der Waals surface area contributed by atoms with Crippen molar-refractivity contribution in [3.8, 4) is 22.8 Å². The highest BCUT2D eigenvalue weighted by Crippen LogP contribution is 2.41. The van der Waals surface area contributed by atoms with Gasteiger partial charge in [0, 0.05) is 22.8 Å². The van der Waals surface area contributed by atoms with E-state index in [2.05, 4.69) is 144 Å². The number of benzene rings is 3. The average Bonchev–Trinajstić information content (AvgIpc) is 3.76. The number of rotatable bonds is 2. The van der Waals surface area contributed by atoms with Gasteiger partial charge in [-0.05, 0) is 88.4 Å². The van der Waals surface area contributed by atoms with Gasteiger partial charge in [-0.1, -0.05) is 36.4 Å². The maximum absolute atomic E-state index is 5.42.